The second-order valence-electron chi connectivity index (χ2n) is 18.8. The fraction of sp³-hybridized carbons (Fsp3) is 0.981. The van der Waals surface area contributed by atoms with E-state index < -0.39 is 5.97 Å². The fourth-order valence-electron chi connectivity index (χ4n) is 9.00. The van der Waals surface area contributed by atoms with Crippen molar-refractivity contribution in [1.82, 2.24) is 0 Å². The minimum Gasteiger partial charge on any atom is -0.550 e. The second kappa shape index (κ2) is 56.1. The SMILES string of the molecule is CCCCCCCCCCCCCCCCCCCCCCCCCCCCCCCCCCCCCCCCCCCCCCCCCCCCCC(=O)[O-].[Li+]. The van der Waals surface area contributed by atoms with E-state index in [1.807, 2.05) is 0 Å². The molecule has 0 aromatic rings. The van der Waals surface area contributed by atoms with Crippen LogP contribution < -0.4 is 24.0 Å². The smallest absolute Gasteiger partial charge is 0.550 e. The van der Waals surface area contributed by atoms with Gasteiger partial charge in [0.2, 0.25) is 0 Å². The van der Waals surface area contributed by atoms with Gasteiger partial charge >= 0.3 is 18.9 Å². The zero-order chi connectivity index (χ0) is 40.3. The summed E-state index contributed by atoms with van der Waals surface area (Å²) in [4.78, 5) is 10.4. The van der Waals surface area contributed by atoms with Crippen molar-refractivity contribution in [2.24, 2.45) is 0 Å². The van der Waals surface area contributed by atoms with Crippen LogP contribution in [0.15, 0.2) is 0 Å². The van der Waals surface area contributed by atoms with Crippen molar-refractivity contribution in [1.29, 1.82) is 0 Å². The van der Waals surface area contributed by atoms with Crippen molar-refractivity contribution in [3.05, 3.63) is 0 Å². The van der Waals surface area contributed by atoms with Gasteiger partial charge in [-0.1, -0.05) is 328 Å². The molecule has 0 aliphatic heterocycles. The fourth-order valence-corrected chi connectivity index (χ4v) is 9.00. The third-order valence-corrected chi connectivity index (χ3v) is 13.0. The average molecular weight is 795 g/mol. The van der Waals surface area contributed by atoms with Crippen LogP contribution in [0.25, 0.3) is 0 Å². The molecule has 0 aliphatic rings. The molecule has 0 N–H and O–H groups in total. The Hall–Kier alpha value is 0.0674. The predicted molar refractivity (Wildman–Crippen MR) is 251 cm³/mol. The summed E-state index contributed by atoms with van der Waals surface area (Å²) in [7, 11) is 0. The number of hydrogen-bond acceptors (Lipinski definition) is 2. The molecule has 0 fully saturated rings. The van der Waals surface area contributed by atoms with Gasteiger partial charge in [0.15, 0.2) is 0 Å². The van der Waals surface area contributed by atoms with Crippen LogP contribution in [0.2, 0.25) is 0 Å². The van der Waals surface area contributed by atoms with Crippen LogP contribution in [-0.4, -0.2) is 5.97 Å². The second-order valence-corrected chi connectivity index (χ2v) is 18.8. The van der Waals surface area contributed by atoms with Gasteiger partial charge in [0.1, 0.15) is 0 Å². The van der Waals surface area contributed by atoms with Crippen LogP contribution in [0.5, 0.6) is 0 Å². The molecule has 0 amide bonds. The zero-order valence-electron chi connectivity index (χ0n) is 40.1. The van der Waals surface area contributed by atoms with Crippen molar-refractivity contribution in [2.45, 2.75) is 341 Å². The van der Waals surface area contributed by atoms with Crippen LogP contribution >= 0.6 is 0 Å². The van der Waals surface area contributed by atoms with Crippen LogP contribution in [0.1, 0.15) is 341 Å². The first-order chi connectivity index (χ1) is 27.8. The van der Waals surface area contributed by atoms with Crippen molar-refractivity contribution >= 4 is 5.97 Å². The molecule has 0 heterocycles. The normalized spacial score (nSPS) is 11.4. The maximum absolute atomic E-state index is 10.4. The molecular weight excluding hydrogens is 688 g/mol. The molecule has 0 unspecified atom stereocenters. The molecule has 0 saturated heterocycles. The standard InChI is InChI=1S/C54H108O2.Li/c1-2-3-4-5-6-7-8-9-10-11-12-13-14-15-16-17-18-19-20-21-22-23-24-25-26-27-28-29-30-31-32-33-34-35-36-37-38-39-40-41-42-43-44-45-46-47-48-49-50-51-52-53-54(55)56;/h2-53H2,1H3,(H,55,56);/q;+1/p-1. The molecule has 0 saturated carbocycles. The molecule has 0 radical (unpaired) electrons. The Bertz CT molecular complexity index is 695. The molecule has 0 aromatic heterocycles. The van der Waals surface area contributed by atoms with E-state index in [-0.39, 0.29) is 25.3 Å². The van der Waals surface area contributed by atoms with E-state index >= 15 is 0 Å². The Balaban J connectivity index is 0. The zero-order valence-corrected chi connectivity index (χ0v) is 40.1. The molecule has 0 spiro atoms. The largest absolute Gasteiger partial charge is 1.00 e. The van der Waals surface area contributed by atoms with Crippen molar-refractivity contribution < 1.29 is 28.8 Å². The van der Waals surface area contributed by atoms with Gasteiger partial charge in [-0.15, -0.1) is 0 Å². The Morgan fingerprint density at radius 3 is 0.439 bits per heavy atom. The van der Waals surface area contributed by atoms with Gasteiger partial charge in [-0.3, -0.25) is 0 Å². The average Bonchev–Trinajstić information content (AvgIpc) is 3.20. The Labute approximate surface area is 373 Å². The molecule has 0 atom stereocenters. The van der Waals surface area contributed by atoms with Gasteiger partial charge in [0.05, 0.1) is 0 Å². The van der Waals surface area contributed by atoms with Gasteiger partial charge in [-0.2, -0.15) is 0 Å². The third-order valence-electron chi connectivity index (χ3n) is 13.0. The number of carbonyl (C=O) groups is 1. The molecule has 2 nitrogen and oxygen atoms in total. The number of aliphatic carboxylic acids is 1. The summed E-state index contributed by atoms with van der Waals surface area (Å²) in [6.07, 6.45) is 73.4. The quantitative estimate of drug-likeness (QED) is 0.0454. The predicted octanol–water partition coefficient (Wildman–Crippen LogP) is 16.0. The molecule has 3 heteroatoms. The van der Waals surface area contributed by atoms with E-state index in [9.17, 15) is 9.90 Å². The molecule has 57 heavy (non-hydrogen) atoms. The first kappa shape index (κ1) is 59.2. The molecule has 0 aliphatic carbocycles. The summed E-state index contributed by atoms with van der Waals surface area (Å²) >= 11 is 0. The minimum atomic E-state index is -0.896. The van der Waals surface area contributed by atoms with Crippen molar-refractivity contribution in [3.63, 3.8) is 0 Å². The van der Waals surface area contributed by atoms with E-state index in [4.69, 9.17) is 0 Å². The summed E-state index contributed by atoms with van der Waals surface area (Å²) in [5.74, 6) is -0.896. The Kier molecular flexibility index (Phi) is 58.2. The van der Waals surface area contributed by atoms with E-state index in [0.717, 1.165) is 12.8 Å². The van der Waals surface area contributed by atoms with E-state index in [1.165, 1.54) is 315 Å². The van der Waals surface area contributed by atoms with E-state index in [0.29, 0.717) is 0 Å². The first-order valence-corrected chi connectivity index (χ1v) is 27.0. The number of hydrogen-bond donors (Lipinski definition) is 0. The monoisotopic (exact) mass is 795 g/mol. The minimum absolute atomic E-state index is 0. The number of carbonyl (C=O) groups excluding carboxylic acids is 1. The molecular formula is C54H107LiO2. The molecule has 0 bridgehead atoms. The van der Waals surface area contributed by atoms with Gasteiger partial charge in [0.25, 0.3) is 0 Å². The van der Waals surface area contributed by atoms with E-state index in [2.05, 4.69) is 6.92 Å². The van der Waals surface area contributed by atoms with Gasteiger partial charge in [0, 0.05) is 5.97 Å². The summed E-state index contributed by atoms with van der Waals surface area (Å²) < 4.78 is 0. The van der Waals surface area contributed by atoms with Gasteiger partial charge < -0.3 is 9.90 Å². The van der Waals surface area contributed by atoms with Crippen LogP contribution in [0.4, 0.5) is 0 Å². The summed E-state index contributed by atoms with van der Waals surface area (Å²) in [6.45, 7) is 2.31. The maximum Gasteiger partial charge on any atom is 1.00 e. The Morgan fingerprint density at radius 2 is 0.333 bits per heavy atom. The summed E-state index contributed by atoms with van der Waals surface area (Å²) in [6, 6.07) is 0. The summed E-state index contributed by atoms with van der Waals surface area (Å²) in [5.41, 5.74) is 0. The maximum atomic E-state index is 10.4. The Morgan fingerprint density at radius 1 is 0.228 bits per heavy atom. The van der Waals surface area contributed by atoms with E-state index in [1.54, 1.807) is 0 Å². The van der Waals surface area contributed by atoms with Crippen LogP contribution in [-0.2, 0) is 4.79 Å². The topological polar surface area (TPSA) is 40.1 Å². The first-order valence-electron chi connectivity index (χ1n) is 27.0. The molecule has 336 valence electrons. The van der Waals surface area contributed by atoms with Crippen LogP contribution in [0.3, 0.4) is 0 Å². The summed E-state index contributed by atoms with van der Waals surface area (Å²) in [5, 5.41) is 10.4. The third kappa shape index (κ3) is 58.2. The molecule has 0 aromatic carbocycles. The van der Waals surface area contributed by atoms with Crippen molar-refractivity contribution in [2.75, 3.05) is 0 Å². The van der Waals surface area contributed by atoms with Crippen LogP contribution in [0, 0.1) is 0 Å². The van der Waals surface area contributed by atoms with Gasteiger partial charge in [-0.05, 0) is 12.8 Å². The number of rotatable bonds is 52. The van der Waals surface area contributed by atoms with Crippen molar-refractivity contribution in [3.8, 4) is 0 Å². The number of carboxylic acids is 1. The molecule has 0 rings (SSSR count). The number of carboxylic acid groups (broad SMARTS) is 1. The number of unbranched alkanes of at least 4 members (excludes halogenated alkanes) is 50. The van der Waals surface area contributed by atoms with Gasteiger partial charge in [-0.25, -0.2) is 0 Å².